The molecule has 25 heavy (non-hydrogen) atoms. The Bertz CT molecular complexity index is 832. The monoisotopic (exact) mass is 340 g/mol. The average Bonchev–Trinajstić information content (AvgIpc) is 2.60. The molecule has 1 aliphatic rings. The molecular formula is C22H22F2O. The lowest BCUT2D eigenvalue weighted by atomic mass is 9.90. The third-order valence-electron chi connectivity index (χ3n) is 4.74. The molecule has 0 bridgehead atoms. The summed E-state index contributed by atoms with van der Waals surface area (Å²) in [4.78, 5) is 0. The minimum absolute atomic E-state index is 0.134. The lowest BCUT2D eigenvalue weighted by Gasteiger charge is -2.19. The molecule has 1 unspecified atom stereocenters. The molecule has 1 nitrogen and oxygen atoms in total. The quantitative estimate of drug-likeness (QED) is 0.759. The molecule has 0 aromatic heterocycles. The van der Waals surface area contributed by atoms with Crippen molar-refractivity contribution < 1.29 is 13.9 Å². The van der Waals surface area contributed by atoms with E-state index in [-0.39, 0.29) is 17.0 Å². The highest BCUT2D eigenvalue weighted by molar-refractivity contribution is 5.78. The number of rotatable bonds is 3. The number of benzene rings is 2. The highest BCUT2D eigenvalue weighted by atomic mass is 19.2. The largest absolute Gasteiger partial charge is 0.388 e. The zero-order valence-corrected chi connectivity index (χ0v) is 14.6. The topological polar surface area (TPSA) is 20.2 Å². The van der Waals surface area contributed by atoms with Crippen LogP contribution in [0.4, 0.5) is 8.78 Å². The first-order valence-electron chi connectivity index (χ1n) is 8.55. The molecule has 2 aromatic carbocycles. The lowest BCUT2D eigenvalue weighted by molar-refractivity contribution is 0.184. The number of aliphatic hydroxyl groups excluding tert-OH is 1. The van der Waals surface area contributed by atoms with Crippen LogP contribution in [0.15, 0.2) is 54.6 Å². The van der Waals surface area contributed by atoms with Crippen molar-refractivity contribution in [2.45, 2.75) is 32.8 Å². The summed E-state index contributed by atoms with van der Waals surface area (Å²) in [5.74, 6) is -1.45. The molecule has 130 valence electrons. The summed E-state index contributed by atoms with van der Waals surface area (Å²) in [6.45, 7) is 6.02. The third-order valence-corrected chi connectivity index (χ3v) is 4.74. The maximum atomic E-state index is 14.7. The van der Waals surface area contributed by atoms with E-state index in [1.54, 1.807) is 30.4 Å². The van der Waals surface area contributed by atoms with Gasteiger partial charge in [-0.1, -0.05) is 75.4 Å². The first-order valence-corrected chi connectivity index (χ1v) is 8.55. The van der Waals surface area contributed by atoms with E-state index in [9.17, 15) is 13.9 Å². The van der Waals surface area contributed by atoms with Gasteiger partial charge in [-0.05, 0) is 22.6 Å². The minimum Gasteiger partial charge on any atom is -0.388 e. The molecule has 0 amide bonds. The fraction of sp³-hybridized carbons (Fsp3) is 0.273. The molecule has 1 N–H and O–H groups in total. The van der Waals surface area contributed by atoms with Gasteiger partial charge in [0.25, 0.3) is 0 Å². The van der Waals surface area contributed by atoms with Crippen LogP contribution < -0.4 is 0 Å². The Kier molecular flexibility index (Phi) is 4.87. The summed E-state index contributed by atoms with van der Waals surface area (Å²) in [5, 5.41) is 9.72. The number of allylic oxidation sites excluding steroid dienone is 2. The zero-order valence-electron chi connectivity index (χ0n) is 14.6. The first-order chi connectivity index (χ1) is 11.9. The summed E-state index contributed by atoms with van der Waals surface area (Å²) in [5.41, 5.74) is 2.88. The van der Waals surface area contributed by atoms with Crippen LogP contribution in [0.2, 0.25) is 0 Å². The highest BCUT2D eigenvalue weighted by Gasteiger charge is 2.20. The van der Waals surface area contributed by atoms with Crippen molar-refractivity contribution >= 4 is 5.57 Å². The highest BCUT2D eigenvalue weighted by Crippen LogP contribution is 2.32. The fourth-order valence-corrected chi connectivity index (χ4v) is 3.04. The van der Waals surface area contributed by atoms with Crippen molar-refractivity contribution in [3.8, 4) is 11.1 Å². The zero-order chi connectivity index (χ0) is 18.1. The van der Waals surface area contributed by atoms with Gasteiger partial charge in [-0.2, -0.15) is 0 Å². The molecule has 0 fully saturated rings. The normalized spacial score (nSPS) is 20.0. The molecule has 0 spiro atoms. The molecule has 0 aliphatic heterocycles. The van der Waals surface area contributed by atoms with E-state index < -0.39 is 17.7 Å². The van der Waals surface area contributed by atoms with Crippen LogP contribution in [0, 0.1) is 17.6 Å². The third kappa shape index (κ3) is 3.42. The van der Waals surface area contributed by atoms with Crippen molar-refractivity contribution in [3.05, 3.63) is 77.4 Å². The van der Waals surface area contributed by atoms with Gasteiger partial charge in [-0.15, -0.1) is 0 Å². The minimum atomic E-state index is -0.857. The smallest absolute Gasteiger partial charge is 0.167 e. The van der Waals surface area contributed by atoms with Crippen LogP contribution in [0.3, 0.4) is 0 Å². The summed E-state index contributed by atoms with van der Waals surface area (Å²) in [6, 6.07) is 10.8. The Morgan fingerprint density at radius 2 is 1.52 bits per heavy atom. The summed E-state index contributed by atoms with van der Waals surface area (Å²) in [6.07, 6.45) is 4.42. The number of aliphatic hydroxyl groups is 1. The van der Waals surface area contributed by atoms with Gasteiger partial charge in [0, 0.05) is 17.0 Å². The Hall–Kier alpha value is -2.26. The van der Waals surface area contributed by atoms with Gasteiger partial charge in [-0.3, -0.25) is 0 Å². The second-order valence-electron chi connectivity index (χ2n) is 6.90. The van der Waals surface area contributed by atoms with Crippen LogP contribution in [0.5, 0.6) is 0 Å². The van der Waals surface area contributed by atoms with Crippen molar-refractivity contribution in [2.75, 3.05) is 0 Å². The molecule has 3 rings (SSSR count). The van der Waals surface area contributed by atoms with E-state index in [0.717, 1.165) is 5.56 Å². The van der Waals surface area contributed by atoms with Crippen molar-refractivity contribution in [3.63, 3.8) is 0 Å². The van der Waals surface area contributed by atoms with Gasteiger partial charge in [0.2, 0.25) is 0 Å². The van der Waals surface area contributed by atoms with Gasteiger partial charge >= 0.3 is 0 Å². The maximum absolute atomic E-state index is 14.7. The van der Waals surface area contributed by atoms with Crippen LogP contribution >= 0.6 is 0 Å². The summed E-state index contributed by atoms with van der Waals surface area (Å²) < 4.78 is 29.3. The Morgan fingerprint density at radius 1 is 0.920 bits per heavy atom. The standard InChI is InChI=1S/C22H22F2O/c1-13(2)15-4-6-16(7-5-15)18-9-10-19(22(24)21(18)23)17-8-11-20(25)14(3)12-17/h4-14,20,25H,1-3H3/t14-,20?/m0/s1. The summed E-state index contributed by atoms with van der Waals surface area (Å²) in [7, 11) is 0. The van der Waals surface area contributed by atoms with E-state index >= 15 is 0 Å². The van der Waals surface area contributed by atoms with Gasteiger partial charge in [-0.25, -0.2) is 8.78 Å². The van der Waals surface area contributed by atoms with Crippen LogP contribution in [0.25, 0.3) is 16.7 Å². The average molecular weight is 340 g/mol. The number of hydrogen-bond acceptors (Lipinski definition) is 1. The SMILES string of the molecule is CC(C)c1ccc(-c2ccc(C3=C[C@H](C)C(O)C=C3)c(F)c2F)cc1. The Balaban J connectivity index is 1.99. The van der Waals surface area contributed by atoms with E-state index in [0.29, 0.717) is 17.1 Å². The molecule has 2 aromatic rings. The number of hydrogen-bond donors (Lipinski definition) is 1. The second kappa shape index (κ2) is 6.93. The van der Waals surface area contributed by atoms with E-state index in [2.05, 4.69) is 13.8 Å². The first kappa shape index (κ1) is 17.6. The molecule has 3 heteroatoms. The van der Waals surface area contributed by atoms with Crippen LogP contribution in [0.1, 0.15) is 37.8 Å². The van der Waals surface area contributed by atoms with Crippen molar-refractivity contribution in [1.82, 2.24) is 0 Å². The Morgan fingerprint density at radius 3 is 2.12 bits per heavy atom. The molecule has 0 saturated carbocycles. The van der Waals surface area contributed by atoms with Gasteiger partial charge < -0.3 is 5.11 Å². The lowest BCUT2D eigenvalue weighted by Crippen LogP contribution is -2.15. The van der Waals surface area contributed by atoms with E-state index in [1.165, 1.54) is 0 Å². The molecule has 0 saturated heterocycles. The second-order valence-corrected chi connectivity index (χ2v) is 6.90. The van der Waals surface area contributed by atoms with Crippen molar-refractivity contribution in [1.29, 1.82) is 0 Å². The molecule has 2 atom stereocenters. The summed E-state index contributed by atoms with van der Waals surface area (Å²) >= 11 is 0. The van der Waals surface area contributed by atoms with Gasteiger partial charge in [0.05, 0.1) is 6.10 Å². The van der Waals surface area contributed by atoms with Crippen LogP contribution in [-0.2, 0) is 0 Å². The predicted molar refractivity (Wildman–Crippen MR) is 98.2 cm³/mol. The molecule has 0 radical (unpaired) electrons. The van der Waals surface area contributed by atoms with E-state index in [4.69, 9.17) is 0 Å². The molecular weight excluding hydrogens is 318 g/mol. The fourth-order valence-electron chi connectivity index (χ4n) is 3.04. The van der Waals surface area contributed by atoms with Gasteiger partial charge in [0.1, 0.15) is 0 Å². The van der Waals surface area contributed by atoms with Crippen molar-refractivity contribution in [2.24, 2.45) is 5.92 Å². The van der Waals surface area contributed by atoms with Crippen LogP contribution in [-0.4, -0.2) is 11.2 Å². The van der Waals surface area contributed by atoms with E-state index in [1.807, 2.05) is 31.2 Å². The Labute approximate surface area is 147 Å². The van der Waals surface area contributed by atoms with Gasteiger partial charge in [0.15, 0.2) is 11.6 Å². The molecule has 0 heterocycles. The maximum Gasteiger partial charge on any atom is 0.167 e. The molecule has 1 aliphatic carbocycles. The predicted octanol–water partition coefficient (Wildman–Crippen LogP) is 5.71. The number of halogens is 2.